The fourth-order valence-electron chi connectivity index (χ4n) is 1.70. The molecule has 98 valence electrons. The van der Waals surface area contributed by atoms with E-state index in [0.29, 0.717) is 5.52 Å². The first-order valence-corrected chi connectivity index (χ1v) is 6.02. The Hall–Kier alpha value is -1.83. The van der Waals surface area contributed by atoms with Gasteiger partial charge < -0.3 is 4.98 Å². The SMILES string of the molecule is FC(F)(F)c1nn(-c2nc3ccccc3[nH]2)cc1Br. The fraction of sp³-hybridized carbons (Fsp3) is 0.0909. The summed E-state index contributed by atoms with van der Waals surface area (Å²) in [6.45, 7) is 0. The molecule has 0 saturated carbocycles. The lowest BCUT2D eigenvalue weighted by Crippen LogP contribution is -2.08. The zero-order valence-electron chi connectivity index (χ0n) is 9.24. The Kier molecular flexibility index (Phi) is 2.63. The van der Waals surface area contributed by atoms with Crippen molar-refractivity contribution in [2.45, 2.75) is 6.18 Å². The molecule has 0 unspecified atom stereocenters. The Labute approximate surface area is 113 Å². The van der Waals surface area contributed by atoms with E-state index in [4.69, 9.17) is 0 Å². The normalized spacial score (nSPS) is 12.2. The number of nitrogens with one attached hydrogen (secondary N) is 1. The number of imidazole rings is 1. The second-order valence-corrected chi connectivity index (χ2v) is 4.70. The van der Waals surface area contributed by atoms with E-state index < -0.39 is 11.9 Å². The smallest absolute Gasteiger partial charge is 0.322 e. The van der Waals surface area contributed by atoms with Gasteiger partial charge in [-0.2, -0.15) is 18.3 Å². The average molecular weight is 331 g/mol. The molecule has 2 aromatic heterocycles. The molecule has 3 rings (SSSR count). The van der Waals surface area contributed by atoms with Gasteiger partial charge in [0.2, 0.25) is 5.95 Å². The molecule has 4 nitrogen and oxygen atoms in total. The predicted molar refractivity (Wildman–Crippen MR) is 65.9 cm³/mol. The summed E-state index contributed by atoms with van der Waals surface area (Å²) in [4.78, 5) is 7.08. The van der Waals surface area contributed by atoms with E-state index in [1.165, 1.54) is 6.20 Å². The first kappa shape index (κ1) is 12.2. The number of alkyl halides is 3. The highest BCUT2D eigenvalue weighted by atomic mass is 79.9. The number of hydrogen-bond acceptors (Lipinski definition) is 2. The summed E-state index contributed by atoms with van der Waals surface area (Å²) in [6.07, 6.45) is -3.28. The van der Waals surface area contributed by atoms with Crippen molar-refractivity contribution in [3.05, 3.63) is 40.6 Å². The van der Waals surface area contributed by atoms with E-state index in [1.807, 2.05) is 6.07 Å². The van der Waals surface area contributed by atoms with Crippen LogP contribution in [0.5, 0.6) is 0 Å². The molecule has 0 bridgehead atoms. The molecule has 0 aliphatic rings. The highest BCUT2D eigenvalue weighted by Gasteiger charge is 2.37. The van der Waals surface area contributed by atoms with Crippen LogP contribution in [-0.4, -0.2) is 19.7 Å². The second kappa shape index (κ2) is 4.09. The lowest BCUT2D eigenvalue weighted by molar-refractivity contribution is -0.141. The third-order valence-electron chi connectivity index (χ3n) is 2.53. The van der Waals surface area contributed by atoms with E-state index in [0.717, 1.165) is 10.2 Å². The standard InChI is InChI=1S/C11H6BrF3N4/c12-6-5-19(18-9(6)11(13,14)15)10-16-7-3-1-2-4-8(7)17-10/h1-5H,(H,16,17). The van der Waals surface area contributed by atoms with Crippen LogP contribution in [0.4, 0.5) is 13.2 Å². The Morgan fingerprint density at radius 1 is 1.21 bits per heavy atom. The van der Waals surface area contributed by atoms with Crippen LogP contribution in [0.15, 0.2) is 34.9 Å². The fourth-order valence-corrected chi connectivity index (χ4v) is 2.20. The van der Waals surface area contributed by atoms with Gasteiger partial charge >= 0.3 is 6.18 Å². The first-order chi connectivity index (χ1) is 8.95. The molecular weight excluding hydrogens is 325 g/mol. The van der Waals surface area contributed by atoms with Gasteiger partial charge in [0.15, 0.2) is 5.69 Å². The molecule has 19 heavy (non-hydrogen) atoms. The molecular formula is C11H6BrF3N4. The number of rotatable bonds is 1. The van der Waals surface area contributed by atoms with E-state index in [2.05, 4.69) is 31.0 Å². The number of nitrogens with zero attached hydrogens (tertiary/aromatic N) is 3. The van der Waals surface area contributed by atoms with E-state index in [9.17, 15) is 13.2 Å². The largest absolute Gasteiger partial charge is 0.436 e. The van der Waals surface area contributed by atoms with E-state index in [1.54, 1.807) is 18.2 Å². The van der Waals surface area contributed by atoms with Crippen LogP contribution in [0.25, 0.3) is 17.0 Å². The molecule has 1 aromatic carbocycles. The van der Waals surface area contributed by atoms with Gasteiger partial charge in [0.1, 0.15) is 0 Å². The zero-order valence-corrected chi connectivity index (χ0v) is 10.8. The van der Waals surface area contributed by atoms with Crippen LogP contribution < -0.4 is 0 Å². The molecule has 0 atom stereocenters. The summed E-state index contributed by atoms with van der Waals surface area (Å²) in [5.74, 6) is 0.234. The quantitative estimate of drug-likeness (QED) is 0.741. The van der Waals surface area contributed by atoms with Gasteiger partial charge in [-0.05, 0) is 28.1 Å². The maximum absolute atomic E-state index is 12.6. The minimum atomic E-state index is -4.50. The molecule has 1 N–H and O–H groups in total. The number of benzene rings is 1. The summed E-state index contributed by atoms with van der Waals surface area (Å²) in [7, 11) is 0. The molecule has 3 aromatic rings. The predicted octanol–water partition coefficient (Wildman–Crippen LogP) is 3.53. The Morgan fingerprint density at radius 3 is 2.58 bits per heavy atom. The van der Waals surface area contributed by atoms with Crippen LogP contribution >= 0.6 is 15.9 Å². The zero-order chi connectivity index (χ0) is 13.6. The van der Waals surface area contributed by atoms with Gasteiger partial charge in [-0.15, -0.1) is 0 Å². The lowest BCUT2D eigenvalue weighted by Gasteiger charge is -2.01. The Morgan fingerprint density at radius 2 is 1.95 bits per heavy atom. The molecule has 0 saturated heterocycles. The third-order valence-corrected chi connectivity index (χ3v) is 3.11. The number of aromatic amines is 1. The van der Waals surface area contributed by atoms with Gasteiger partial charge in [0.05, 0.1) is 15.5 Å². The van der Waals surface area contributed by atoms with Crippen molar-refractivity contribution in [1.29, 1.82) is 0 Å². The molecule has 2 heterocycles. The molecule has 0 fully saturated rings. The second-order valence-electron chi connectivity index (χ2n) is 3.85. The van der Waals surface area contributed by atoms with E-state index >= 15 is 0 Å². The average Bonchev–Trinajstić information content (AvgIpc) is 2.90. The number of H-pyrrole nitrogens is 1. The number of aromatic nitrogens is 4. The summed E-state index contributed by atoms with van der Waals surface area (Å²) >= 11 is 2.85. The van der Waals surface area contributed by atoms with Gasteiger partial charge in [0, 0.05) is 6.20 Å². The Balaban J connectivity index is 2.12. The highest BCUT2D eigenvalue weighted by Crippen LogP contribution is 2.33. The minimum Gasteiger partial charge on any atom is -0.322 e. The van der Waals surface area contributed by atoms with Gasteiger partial charge in [-0.25, -0.2) is 9.67 Å². The van der Waals surface area contributed by atoms with Crippen molar-refractivity contribution < 1.29 is 13.2 Å². The first-order valence-electron chi connectivity index (χ1n) is 5.22. The van der Waals surface area contributed by atoms with Crippen LogP contribution in [-0.2, 0) is 6.18 Å². The monoisotopic (exact) mass is 330 g/mol. The van der Waals surface area contributed by atoms with Gasteiger partial charge in [-0.1, -0.05) is 12.1 Å². The maximum atomic E-state index is 12.6. The molecule has 0 amide bonds. The van der Waals surface area contributed by atoms with E-state index in [-0.39, 0.29) is 10.4 Å². The molecule has 0 aliphatic carbocycles. The topological polar surface area (TPSA) is 46.5 Å². The molecule has 0 radical (unpaired) electrons. The van der Waals surface area contributed by atoms with Crippen LogP contribution in [0.1, 0.15) is 5.69 Å². The lowest BCUT2D eigenvalue weighted by atomic mass is 10.3. The summed E-state index contributed by atoms with van der Waals surface area (Å²) < 4.78 is 38.9. The number of halogens is 4. The summed E-state index contributed by atoms with van der Waals surface area (Å²) in [5.41, 5.74) is 0.420. The van der Waals surface area contributed by atoms with Crippen molar-refractivity contribution in [3.63, 3.8) is 0 Å². The van der Waals surface area contributed by atoms with Crippen LogP contribution in [0, 0.1) is 0 Å². The number of fused-ring (bicyclic) bond motifs is 1. The van der Waals surface area contributed by atoms with Gasteiger partial charge in [-0.3, -0.25) is 0 Å². The van der Waals surface area contributed by atoms with Crippen LogP contribution in [0.3, 0.4) is 0 Å². The highest BCUT2D eigenvalue weighted by molar-refractivity contribution is 9.10. The minimum absolute atomic E-state index is 0.125. The number of para-hydroxylation sites is 2. The number of hydrogen-bond donors (Lipinski definition) is 1. The van der Waals surface area contributed by atoms with Crippen molar-refractivity contribution >= 4 is 27.0 Å². The molecule has 0 spiro atoms. The summed E-state index contributed by atoms with van der Waals surface area (Å²) in [6, 6.07) is 7.16. The molecule has 8 heteroatoms. The van der Waals surface area contributed by atoms with Crippen molar-refractivity contribution in [3.8, 4) is 5.95 Å². The van der Waals surface area contributed by atoms with Crippen molar-refractivity contribution in [2.75, 3.05) is 0 Å². The Bertz CT molecular complexity index is 711. The van der Waals surface area contributed by atoms with Crippen molar-refractivity contribution in [2.24, 2.45) is 0 Å². The summed E-state index contributed by atoms with van der Waals surface area (Å²) in [5, 5.41) is 3.50. The van der Waals surface area contributed by atoms with Gasteiger partial charge in [0.25, 0.3) is 0 Å². The molecule has 0 aliphatic heterocycles. The third kappa shape index (κ3) is 2.12. The van der Waals surface area contributed by atoms with Crippen molar-refractivity contribution in [1.82, 2.24) is 19.7 Å². The van der Waals surface area contributed by atoms with Crippen LogP contribution in [0.2, 0.25) is 0 Å². The maximum Gasteiger partial charge on any atom is 0.436 e.